The monoisotopic (exact) mass is 359 g/mol. The summed E-state index contributed by atoms with van der Waals surface area (Å²) in [5.74, 6) is 0. The van der Waals surface area contributed by atoms with Gasteiger partial charge in [-0.3, -0.25) is 4.99 Å². The van der Waals surface area contributed by atoms with E-state index in [2.05, 4.69) is 83.4 Å². The van der Waals surface area contributed by atoms with Gasteiger partial charge in [0, 0.05) is 23.9 Å². The van der Waals surface area contributed by atoms with Gasteiger partial charge in [0.05, 0.1) is 0 Å². The van der Waals surface area contributed by atoms with Crippen molar-refractivity contribution in [2.24, 2.45) is 4.99 Å². The molecule has 0 saturated heterocycles. The molecule has 0 amide bonds. The standard InChI is InChI=1S/C26H33N/c1-8-11-13-23(9-2)17-18-25-22(7)27-19-12-14-24(10-3)16-15-21(6)26(25)20(4)5/h8,10-11,13-19H,3-4,9,12H2,1-2,5-7H3/b11-8-,16-15?,18-17-,23-13+,24-14?,25-22-,26-21-,27-19?. The zero-order valence-corrected chi connectivity index (χ0v) is 17.5. The summed E-state index contributed by atoms with van der Waals surface area (Å²) < 4.78 is 0. The summed E-state index contributed by atoms with van der Waals surface area (Å²) in [7, 11) is 0. The molecule has 0 N–H and O–H groups in total. The topological polar surface area (TPSA) is 12.4 Å². The van der Waals surface area contributed by atoms with Crippen LogP contribution in [0.4, 0.5) is 0 Å². The number of allylic oxidation sites excluding steroid dienone is 16. The molecule has 0 atom stereocenters. The largest absolute Gasteiger partial charge is 0.265 e. The van der Waals surface area contributed by atoms with Gasteiger partial charge in [-0.2, -0.15) is 0 Å². The van der Waals surface area contributed by atoms with E-state index < -0.39 is 0 Å². The van der Waals surface area contributed by atoms with E-state index >= 15 is 0 Å². The number of hydrogen-bond acceptors (Lipinski definition) is 1. The second kappa shape index (κ2) is 11.9. The molecule has 1 rings (SSSR count). The van der Waals surface area contributed by atoms with Crippen LogP contribution in [0.3, 0.4) is 0 Å². The highest BCUT2D eigenvalue weighted by Gasteiger charge is 2.10. The zero-order valence-electron chi connectivity index (χ0n) is 17.5. The summed E-state index contributed by atoms with van der Waals surface area (Å²) in [6.07, 6.45) is 22.6. The minimum atomic E-state index is 0.781. The van der Waals surface area contributed by atoms with E-state index in [4.69, 9.17) is 4.99 Å². The average Bonchev–Trinajstić information content (AvgIpc) is 2.67. The molecule has 0 aromatic rings. The Morgan fingerprint density at radius 1 is 1.26 bits per heavy atom. The van der Waals surface area contributed by atoms with Gasteiger partial charge in [-0.15, -0.1) is 0 Å². The lowest BCUT2D eigenvalue weighted by Crippen LogP contribution is -1.96. The molecule has 0 fully saturated rings. The molecule has 1 heterocycles. The molecule has 1 heteroatoms. The molecule has 1 aliphatic heterocycles. The summed E-state index contributed by atoms with van der Waals surface area (Å²) >= 11 is 0. The van der Waals surface area contributed by atoms with E-state index in [1.807, 2.05) is 25.3 Å². The van der Waals surface area contributed by atoms with Crippen LogP contribution in [0.2, 0.25) is 0 Å². The van der Waals surface area contributed by atoms with Gasteiger partial charge in [0.25, 0.3) is 0 Å². The van der Waals surface area contributed by atoms with E-state index in [1.165, 1.54) is 11.1 Å². The van der Waals surface area contributed by atoms with Crippen LogP contribution in [0, 0.1) is 0 Å². The highest BCUT2D eigenvalue weighted by Crippen LogP contribution is 2.28. The molecule has 27 heavy (non-hydrogen) atoms. The normalized spacial score (nSPS) is 22.3. The van der Waals surface area contributed by atoms with Crippen molar-refractivity contribution in [2.45, 2.75) is 47.5 Å². The van der Waals surface area contributed by atoms with E-state index in [9.17, 15) is 0 Å². The van der Waals surface area contributed by atoms with Crippen LogP contribution < -0.4 is 0 Å². The quantitative estimate of drug-likeness (QED) is 0.430. The lowest BCUT2D eigenvalue weighted by Gasteiger charge is -2.14. The van der Waals surface area contributed by atoms with Gasteiger partial charge in [-0.25, -0.2) is 0 Å². The first-order valence-corrected chi connectivity index (χ1v) is 9.55. The maximum absolute atomic E-state index is 4.70. The van der Waals surface area contributed by atoms with Gasteiger partial charge in [-0.1, -0.05) is 80.3 Å². The molecule has 0 radical (unpaired) electrons. The maximum atomic E-state index is 4.70. The number of nitrogens with zero attached hydrogens (tertiary/aromatic N) is 1. The molecule has 0 aliphatic carbocycles. The fourth-order valence-corrected chi connectivity index (χ4v) is 2.84. The van der Waals surface area contributed by atoms with Crippen molar-refractivity contribution in [3.05, 3.63) is 107 Å². The SMILES string of the molecule is C=CC1=CCC=N/C(C)=C(/C=C\C(=C\C=C/C)CC)C(\C(=C)C)=C(\C)C=C1. The maximum Gasteiger partial charge on any atom is 0.0447 e. The second-order valence-electron chi connectivity index (χ2n) is 6.58. The van der Waals surface area contributed by atoms with Crippen LogP contribution in [0.15, 0.2) is 112 Å². The highest BCUT2D eigenvalue weighted by molar-refractivity contribution is 5.65. The molecule has 0 unspecified atom stereocenters. The molecule has 0 aromatic carbocycles. The van der Waals surface area contributed by atoms with E-state index in [0.717, 1.165) is 40.8 Å². The van der Waals surface area contributed by atoms with Crippen molar-refractivity contribution < 1.29 is 0 Å². The average molecular weight is 360 g/mol. The third-order valence-corrected chi connectivity index (χ3v) is 4.36. The number of aliphatic imine (C=N–C) groups is 1. The smallest absolute Gasteiger partial charge is 0.0447 e. The molecule has 0 bridgehead atoms. The first kappa shape index (κ1) is 22.4. The fourth-order valence-electron chi connectivity index (χ4n) is 2.84. The van der Waals surface area contributed by atoms with Crippen LogP contribution in [-0.4, -0.2) is 6.21 Å². The first-order chi connectivity index (χ1) is 12.9. The first-order valence-electron chi connectivity index (χ1n) is 9.55. The Kier molecular flexibility index (Phi) is 9.82. The lowest BCUT2D eigenvalue weighted by atomic mass is 9.92. The van der Waals surface area contributed by atoms with Gasteiger partial charge in [0.15, 0.2) is 0 Å². The lowest BCUT2D eigenvalue weighted by molar-refractivity contribution is 1.14. The summed E-state index contributed by atoms with van der Waals surface area (Å²) in [5.41, 5.74) is 7.82. The van der Waals surface area contributed by atoms with Gasteiger partial charge < -0.3 is 0 Å². The van der Waals surface area contributed by atoms with Crippen molar-refractivity contribution in [2.75, 3.05) is 0 Å². The number of rotatable bonds is 6. The number of hydrogen-bond donors (Lipinski definition) is 0. The van der Waals surface area contributed by atoms with Crippen molar-refractivity contribution in [3.63, 3.8) is 0 Å². The molecule has 142 valence electrons. The molecular formula is C26H33N. The van der Waals surface area contributed by atoms with Crippen LogP contribution in [0.1, 0.15) is 47.5 Å². The van der Waals surface area contributed by atoms with Crippen LogP contribution >= 0.6 is 0 Å². The summed E-state index contributed by atoms with van der Waals surface area (Å²) in [6, 6.07) is 0. The molecule has 0 aromatic heterocycles. The predicted octanol–water partition coefficient (Wildman–Crippen LogP) is 7.76. The van der Waals surface area contributed by atoms with Gasteiger partial charge in [0.2, 0.25) is 0 Å². The summed E-state index contributed by atoms with van der Waals surface area (Å²) in [4.78, 5) is 4.70. The summed E-state index contributed by atoms with van der Waals surface area (Å²) in [5, 5.41) is 0. The van der Waals surface area contributed by atoms with Crippen LogP contribution in [0.25, 0.3) is 0 Å². The Balaban J connectivity index is 3.58. The van der Waals surface area contributed by atoms with Gasteiger partial charge in [-0.05, 0) is 56.4 Å². The van der Waals surface area contributed by atoms with Crippen LogP contribution in [-0.2, 0) is 0 Å². The Morgan fingerprint density at radius 2 is 2.00 bits per heavy atom. The van der Waals surface area contributed by atoms with Crippen molar-refractivity contribution in [1.82, 2.24) is 0 Å². The van der Waals surface area contributed by atoms with Crippen LogP contribution in [0.5, 0.6) is 0 Å². The molecule has 1 nitrogen and oxygen atoms in total. The third kappa shape index (κ3) is 7.22. The van der Waals surface area contributed by atoms with E-state index in [-0.39, 0.29) is 0 Å². The molecule has 0 saturated carbocycles. The second-order valence-corrected chi connectivity index (χ2v) is 6.58. The Labute approximate surface area is 166 Å². The predicted molar refractivity (Wildman–Crippen MR) is 123 cm³/mol. The summed E-state index contributed by atoms with van der Waals surface area (Å²) in [6.45, 7) is 18.6. The fraction of sp³-hybridized carbons (Fsp3) is 0.269. The van der Waals surface area contributed by atoms with Crippen molar-refractivity contribution in [3.8, 4) is 0 Å². The minimum absolute atomic E-state index is 0.781. The highest BCUT2D eigenvalue weighted by atomic mass is 14.7. The minimum Gasteiger partial charge on any atom is -0.265 e. The molecular weight excluding hydrogens is 326 g/mol. The van der Waals surface area contributed by atoms with Gasteiger partial charge in [0.1, 0.15) is 0 Å². The zero-order chi connectivity index (χ0) is 20.2. The van der Waals surface area contributed by atoms with E-state index in [0.29, 0.717) is 0 Å². The third-order valence-electron chi connectivity index (χ3n) is 4.36. The Bertz CT molecular complexity index is 799. The molecule has 1 aliphatic rings. The van der Waals surface area contributed by atoms with Crippen molar-refractivity contribution in [1.29, 1.82) is 0 Å². The Morgan fingerprint density at radius 3 is 2.59 bits per heavy atom. The van der Waals surface area contributed by atoms with Crippen molar-refractivity contribution >= 4 is 6.21 Å². The van der Waals surface area contributed by atoms with Gasteiger partial charge >= 0.3 is 0 Å². The van der Waals surface area contributed by atoms with E-state index in [1.54, 1.807) is 0 Å². The molecule has 0 spiro atoms. The Hall–Kier alpha value is -2.67.